The number of rotatable bonds is 2. The number of fused-ring (bicyclic) bond motifs is 7. The van der Waals surface area contributed by atoms with Crippen LogP contribution in [0.25, 0.3) is 121 Å². The Bertz CT molecular complexity index is 3020. The number of hydrogen-bond acceptors (Lipinski definition) is 0. The molecule has 0 aliphatic heterocycles. The molecule has 2 aliphatic rings. The molecule has 0 N–H and O–H groups in total. The average Bonchev–Trinajstić information content (AvgIpc) is 3.73. The van der Waals surface area contributed by atoms with Crippen LogP contribution < -0.4 is 0 Å². The molecule has 0 unspecified atom stereocenters. The van der Waals surface area contributed by atoms with Crippen molar-refractivity contribution in [1.82, 2.24) is 0 Å². The first-order valence-corrected chi connectivity index (χ1v) is 16.9. The summed E-state index contributed by atoms with van der Waals surface area (Å²) in [6, 6.07) is 54.8. The molecule has 218 valence electrons. The van der Waals surface area contributed by atoms with E-state index in [0.717, 1.165) is 0 Å². The standard InChI is InChI=1S/C48H26/c1-2-9-28(10-3-1)42-33-12-6-7-13-34(33)43(32-17-14-27-8-4-5-11-31(27)26-32)48-40-25-23-38-36-21-19-30-16-15-29-18-20-35(44(36)41(29)30)37-22-24-39(47(42)48)46(40)45(37)38/h1-26H. The Morgan fingerprint density at radius 2 is 0.792 bits per heavy atom. The second-order valence-corrected chi connectivity index (χ2v) is 13.5. The topological polar surface area (TPSA) is 0 Å². The van der Waals surface area contributed by atoms with E-state index in [-0.39, 0.29) is 0 Å². The maximum Gasteiger partial charge on any atom is -0.000740 e. The van der Waals surface area contributed by atoms with Crippen LogP contribution in [0.2, 0.25) is 0 Å². The molecule has 0 atom stereocenters. The normalized spacial score (nSPS) is 12.9. The van der Waals surface area contributed by atoms with Gasteiger partial charge in [0.15, 0.2) is 0 Å². The second kappa shape index (κ2) is 8.76. The molecule has 0 saturated carbocycles. The minimum atomic E-state index is 1.26. The molecule has 10 aromatic rings. The molecule has 10 aromatic carbocycles. The van der Waals surface area contributed by atoms with Crippen LogP contribution in [0.1, 0.15) is 11.1 Å². The monoisotopic (exact) mass is 602 g/mol. The quantitative estimate of drug-likeness (QED) is 0.136. The van der Waals surface area contributed by atoms with Crippen molar-refractivity contribution < 1.29 is 0 Å². The van der Waals surface area contributed by atoms with Crippen LogP contribution in [0.15, 0.2) is 146 Å². The summed E-state index contributed by atoms with van der Waals surface area (Å²) >= 11 is 0. The van der Waals surface area contributed by atoms with E-state index < -0.39 is 0 Å². The Balaban J connectivity index is 1.30. The van der Waals surface area contributed by atoms with E-state index in [4.69, 9.17) is 0 Å². The second-order valence-electron chi connectivity index (χ2n) is 13.5. The largest absolute Gasteiger partial charge is 0.0622 e. The summed E-state index contributed by atoms with van der Waals surface area (Å²) in [5.41, 5.74) is 13.2. The first-order valence-electron chi connectivity index (χ1n) is 16.9. The van der Waals surface area contributed by atoms with E-state index in [2.05, 4.69) is 158 Å². The smallest absolute Gasteiger partial charge is 0.000740 e. The van der Waals surface area contributed by atoms with Gasteiger partial charge in [-0.05, 0) is 126 Å². The van der Waals surface area contributed by atoms with Crippen molar-refractivity contribution in [2.75, 3.05) is 0 Å². The van der Waals surface area contributed by atoms with E-state index in [1.807, 2.05) is 0 Å². The van der Waals surface area contributed by atoms with Gasteiger partial charge in [-0.3, -0.25) is 0 Å². The van der Waals surface area contributed by atoms with Gasteiger partial charge in [-0.25, -0.2) is 0 Å². The summed E-state index contributed by atoms with van der Waals surface area (Å²) in [6.45, 7) is 0. The molecule has 48 heavy (non-hydrogen) atoms. The van der Waals surface area contributed by atoms with E-state index in [0.29, 0.717) is 0 Å². The lowest BCUT2D eigenvalue weighted by atomic mass is 9.82. The molecular formula is C48H26. The third-order valence-electron chi connectivity index (χ3n) is 11.3. The summed E-state index contributed by atoms with van der Waals surface area (Å²) in [5, 5.41) is 16.1. The van der Waals surface area contributed by atoms with Gasteiger partial charge in [-0.1, -0.05) is 152 Å². The van der Waals surface area contributed by atoms with E-state index in [9.17, 15) is 0 Å². The van der Waals surface area contributed by atoms with Crippen LogP contribution in [0.4, 0.5) is 0 Å². The third-order valence-corrected chi connectivity index (χ3v) is 11.3. The van der Waals surface area contributed by atoms with Crippen LogP contribution >= 0.6 is 0 Å². The van der Waals surface area contributed by atoms with Gasteiger partial charge in [0.25, 0.3) is 0 Å². The van der Waals surface area contributed by atoms with E-state index in [1.165, 1.54) is 120 Å². The van der Waals surface area contributed by atoms with Gasteiger partial charge in [0, 0.05) is 0 Å². The minimum Gasteiger partial charge on any atom is -0.0622 e. The first kappa shape index (κ1) is 24.9. The predicted octanol–water partition coefficient (Wildman–Crippen LogP) is 13.5. The van der Waals surface area contributed by atoms with Gasteiger partial charge in [-0.15, -0.1) is 0 Å². The molecule has 0 heterocycles. The summed E-state index contributed by atoms with van der Waals surface area (Å²) in [4.78, 5) is 0. The third kappa shape index (κ3) is 2.97. The molecule has 0 fully saturated rings. The molecule has 0 amide bonds. The Labute approximate surface area is 277 Å². The fourth-order valence-electron chi connectivity index (χ4n) is 9.34. The van der Waals surface area contributed by atoms with Gasteiger partial charge in [0.05, 0.1) is 0 Å². The SMILES string of the molecule is C1=Cc2ccc3c4ccc5c6c(ccc(c7ccc1c2c73)c64)-c1c-5c(-c2ccc3ccccc3c2)c2ccccc2c1-c1ccccc1. The Hall–Kier alpha value is -6.24. The molecule has 12 rings (SSSR count). The molecule has 0 saturated heterocycles. The highest BCUT2D eigenvalue weighted by molar-refractivity contribution is 6.40. The Kier molecular flexibility index (Phi) is 4.55. The van der Waals surface area contributed by atoms with Crippen molar-refractivity contribution in [1.29, 1.82) is 0 Å². The lowest BCUT2D eigenvalue weighted by Gasteiger charge is -2.20. The predicted molar refractivity (Wildman–Crippen MR) is 207 cm³/mol. The summed E-state index contributed by atoms with van der Waals surface area (Å²) < 4.78 is 0. The lowest BCUT2D eigenvalue weighted by molar-refractivity contribution is 1.63. The molecule has 0 radical (unpaired) electrons. The fourth-order valence-corrected chi connectivity index (χ4v) is 9.34. The van der Waals surface area contributed by atoms with Crippen molar-refractivity contribution in [3.8, 4) is 44.5 Å². The van der Waals surface area contributed by atoms with Crippen LogP contribution in [-0.4, -0.2) is 0 Å². The fraction of sp³-hybridized carbons (Fsp3) is 0. The van der Waals surface area contributed by atoms with Crippen LogP contribution in [-0.2, 0) is 0 Å². The van der Waals surface area contributed by atoms with Crippen LogP contribution in [0.5, 0.6) is 0 Å². The first-order chi connectivity index (χ1) is 23.8. The van der Waals surface area contributed by atoms with Gasteiger partial charge in [0.2, 0.25) is 0 Å². The van der Waals surface area contributed by atoms with Crippen molar-refractivity contribution in [2.45, 2.75) is 0 Å². The van der Waals surface area contributed by atoms with Crippen LogP contribution in [0, 0.1) is 0 Å². The van der Waals surface area contributed by atoms with Crippen molar-refractivity contribution >= 4 is 76.8 Å². The van der Waals surface area contributed by atoms with Crippen molar-refractivity contribution in [3.05, 3.63) is 157 Å². The highest BCUT2D eigenvalue weighted by Gasteiger charge is 2.32. The highest BCUT2D eigenvalue weighted by Crippen LogP contribution is 2.60. The molecule has 0 aromatic heterocycles. The van der Waals surface area contributed by atoms with Gasteiger partial charge in [0.1, 0.15) is 0 Å². The zero-order chi connectivity index (χ0) is 31.1. The molecule has 0 heteroatoms. The lowest BCUT2D eigenvalue weighted by Crippen LogP contribution is -1.93. The maximum atomic E-state index is 2.43. The minimum absolute atomic E-state index is 1.26. The van der Waals surface area contributed by atoms with E-state index in [1.54, 1.807) is 0 Å². The molecule has 0 spiro atoms. The number of benzene rings is 10. The molecule has 0 nitrogen and oxygen atoms in total. The summed E-state index contributed by atoms with van der Waals surface area (Å²) in [6.07, 6.45) is 4.54. The summed E-state index contributed by atoms with van der Waals surface area (Å²) in [7, 11) is 0. The van der Waals surface area contributed by atoms with Crippen molar-refractivity contribution in [3.63, 3.8) is 0 Å². The molecular weight excluding hydrogens is 577 g/mol. The van der Waals surface area contributed by atoms with Crippen molar-refractivity contribution in [2.24, 2.45) is 0 Å². The summed E-state index contributed by atoms with van der Waals surface area (Å²) in [5.74, 6) is 0. The Morgan fingerprint density at radius 1 is 0.271 bits per heavy atom. The van der Waals surface area contributed by atoms with Gasteiger partial charge < -0.3 is 0 Å². The Morgan fingerprint density at radius 3 is 1.44 bits per heavy atom. The van der Waals surface area contributed by atoms with Gasteiger partial charge in [-0.2, -0.15) is 0 Å². The van der Waals surface area contributed by atoms with E-state index >= 15 is 0 Å². The maximum absolute atomic E-state index is 2.43. The average molecular weight is 603 g/mol. The van der Waals surface area contributed by atoms with Gasteiger partial charge >= 0.3 is 0 Å². The van der Waals surface area contributed by atoms with Crippen LogP contribution in [0.3, 0.4) is 0 Å². The highest BCUT2D eigenvalue weighted by atomic mass is 14.3. The number of hydrogen-bond donors (Lipinski definition) is 0. The molecule has 2 aliphatic carbocycles. The zero-order valence-electron chi connectivity index (χ0n) is 26.0. The zero-order valence-corrected chi connectivity index (χ0v) is 26.0. The molecule has 0 bridgehead atoms.